The molecule has 4 rings (SSSR count). The van der Waals surface area contributed by atoms with Crippen molar-refractivity contribution in [3.05, 3.63) is 66.0 Å². The number of nitrogens with one attached hydrogen (secondary N) is 2. The summed E-state index contributed by atoms with van der Waals surface area (Å²) in [5.41, 5.74) is 2.62. The van der Waals surface area contributed by atoms with Crippen molar-refractivity contribution in [1.29, 1.82) is 0 Å². The fourth-order valence-corrected chi connectivity index (χ4v) is 3.47. The van der Waals surface area contributed by atoms with Gasteiger partial charge >= 0.3 is 0 Å². The summed E-state index contributed by atoms with van der Waals surface area (Å²) in [5, 5.41) is 2.92. The van der Waals surface area contributed by atoms with E-state index in [0.717, 1.165) is 18.7 Å². The first-order valence-electron chi connectivity index (χ1n) is 11.0. The smallest absolute Gasteiger partial charge is 0.251 e. The lowest BCUT2D eigenvalue weighted by Crippen LogP contribution is -2.24. The Morgan fingerprint density at radius 1 is 1.15 bits per heavy atom. The summed E-state index contributed by atoms with van der Waals surface area (Å²) < 4.78 is 25.0. The van der Waals surface area contributed by atoms with Gasteiger partial charge in [-0.05, 0) is 56.7 Å². The molecular weight excluding hydrogens is 437 g/mol. The molecular formula is C25H26FN5O3. The van der Waals surface area contributed by atoms with E-state index in [2.05, 4.69) is 20.3 Å². The number of hydrogen-bond acceptors (Lipinski definition) is 6. The number of carbonyl (C=O) groups is 1. The minimum Gasteiger partial charge on any atom is -0.494 e. The molecule has 0 saturated heterocycles. The number of hydrogen-bond donors (Lipinski definition) is 2. The van der Waals surface area contributed by atoms with Crippen LogP contribution >= 0.6 is 0 Å². The first-order chi connectivity index (χ1) is 16.4. The van der Waals surface area contributed by atoms with Crippen LogP contribution in [0.2, 0.25) is 0 Å². The predicted octanol–water partition coefficient (Wildman–Crippen LogP) is 4.32. The van der Waals surface area contributed by atoms with E-state index in [-0.39, 0.29) is 17.8 Å². The van der Waals surface area contributed by atoms with E-state index >= 15 is 0 Å². The summed E-state index contributed by atoms with van der Waals surface area (Å²) in [4.78, 5) is 29.2. The van der Waals surface area contributed by atoms with Crippen LogP contribution in [0.25, 0.3) is 22.3 Å². The number of methoxy groups -OCH3 is 1. The number of aromatic nitrogens is 4. The number of imidazole rings is 1. The summed E-state index contributed by atoms with van der Waals surface area (Å²) in [5.74, 6) is 0.636. The summed E-state index contributed by atoms with van der Waals surface area (Å²) >= 11 is 0. The molecule has 0 aliphatic heterocycles. The number of benzene rings is 2. The third-order valence-electron chi connectivity index (χ3n) is 5.10. The van der Waals surface area contributed by atoms with Gasteiger partial charge in [-0.15, -0.1) is 0 Å². The predicted molar refractivity (Wildman–Crippen MR) is 126 cm³/mol. The van der Waals surface area contributed by atoms with Gasteiger partial charge in [0.25, 0.3) is 5.91 Å². The molecule has 0 atom stereocenters. The fraction of sp³-hybridized carbons (Fsp3) is 0.280. The van der Waals surface area contributed by atoms with Crippen LogP contribution in [-0.4, -0.2) is 45.6 Å². The fourth-order valence-electron chi connectivity index (χ4n) is 3.47. The first kappa shape index (κ1) is 23.2. The van der Waals surface area contributed by atoms with Crippen molar-refractivity contribution >= 4 is 16.9 Å². The Hall–Kier alpha value is -4.01. The van der Waals surface area contributed by atoms with Crippen molar-refractivity contribution in [2.75, 3.05) is 13.7 Å². The molecule has 2 N–H and O–H groups in total. The van der Waals surface area contributed by atoms with E-state index in [1.807, 2.05) is 13.8 Å². The highest BCUT2D eigenvalue weighted by Gasteiger charge is 2.17. The lowest BCUT2D eigenvalue weighted by atomic mass is 10.1. The molecule has 2 heterocycles. The zero-order valence-electron chi connectivity index (χ0n) is 19.3. The number of halogens is 1. The second kappa shape index (κ2) is 10.3. The molecule has 0 aliphatic carbocycles. The molecule has 4 aromatic rings. The van der Waals surface area contributed by atoms with E-state index < -0.39 is 5.82 Å². The number of H-pyrrole nitrogens is 1. The molecule has 0 bridgehead atoms. The van der Waals surface area contributed by atoms with Crippen molar-refractivity contribution in [3.63, 3.8) is 0 Å². The third-order valence-corrected chi connectivity index (χ3v) is 5.10. The van der Waals surface area contributed by atoms with E-state index in [1.54, 1.807) is 42.7 Å². The molecule has 1 amide bonds. The molecule has 2 aromatic carbocycles. The van der Waals surface area contributed by atoms with Gasteiger partial charge in [0.2, 0.25) is 5.88 Å². The van der Waals surface area contributed by atoms with E-state index in [4.69, 9.17) is 14.5 Å². The molecule has 8 nitrogen and oxygen atoms in total. The van der Waals surface area contributed by atoms with Gasteiger partial charge in [-0.1, -0.05) is 0 Å². The van der Waals surface area contributed by atoms with Crippen LogP contribution in [-0.2, 0) is 6.42 Å². The summed E-state index contributed by atoms with van der Waals surface area (Å²) in [7, 11) is 1.40. The average Bonchev–Trinajstić information content (AvgIpc) is 3.34. The summed E-state index contributed by atoms with van der Waals surface area (Å²) in [6.07, 6.45) is 4.85. The van der Waals surface area contributed by atoms with Gasteiger partial charge in [0.15, 0.2) is 11.6 Å². The van der Waals surface area contributed by atoms with E-state index in [0.29, 0.717) is 40.3 Å². The quantitative estimate of drug-likeness (QED) is 0.359. The van der Waals surface area contributed by atoms with E-state index in [9.17, 15) is 9.18 Å². The minimum atomic E-state index is -0.475. The lowest BCUT2D eigenvalue weighted by molar-refractivity contribution is 0.0953. The molecule has 0 aliphatic rings. The van der Waals surface area contributed by atoms with Gasteiger partial charge in [-0.2, -0.15) is 0 Å². The van der Waals surface area contributed by atoms with Crippen LogP contribution in [0.15, 0.2) is 48.8 Å². The monoisotopic (exact) mass is 463 g/mol. The summed E-state index contributed by atoms with van der Waals surface area (Å²) in [6, 6.07) is 9.59. The topological polar surface area (TPSA) is 102 Å². The van der Waals surface area contributed by atoms with Crippen molar-refractivity contribution < 1.29 is 18.7 Å². The van der Waals surface area contributed by atoms with Gasteiger partial charge in [0, 0.05) is 36.5 Å². The maximum Gasteiger partial charge on any atom is 0.251 e. The number of ether oxygens (including phenoxy) is 2. The van der Waals surface area contributed by atoms with Crippen LogP contribution in [0.3, 0.4) is 0 Å². The first-order valence-corrected chi connectivity index (χ1v) is 11.0. The minimum absolute atomic E-state index is 0.0950. The van der Waals surface area contributed by atoms with Crippen LogP contribution in [0.4, 0.5) is 4.39 Å². The van der Waals surface area contributed by atoms with Gasteiger partial charge in [-0.25, -0.2) is 19.3 Å². The Labute approximate surface area is 196 Å². The maximum atomic E-state index is 14.0. The van der Waals surface area contributed by atoms with Gasteiger partial charge in [0.05, 0.1) is 24.2 Å². The number of aromatic amines is 1. The van der Waals surface area contributed by atoms with Crippen molar-refractivity contribution in [2.45, 2.75) is 32.8 Å². The molecule has 0 unspecified atom stereocenters. The standard InChI is InChI=1S/C25H26FN5O3/c1-15(2)34-25-23(16-6-8-18(26)21(14-16)33-3)30-20-13-17(7-9-19(20)31-25)24(32)29-10-4-5-22-27-11-12-28-22/h6-9,11-15H,4-5,10H2,1-3H3,(H,27,28)(H,29,32). The second-order valence-corrected chi connectivity index (χ2v) is 7.99. The molecule has 2 aromatic heterocycles. The Balaban J connectivity index is 1.60. The van der Waals surface area contributed by atoms with E-state index in [1.165, 1.54) is 13.2 Å². The average molecular weight is 464 g/mol. The molecule has 9 heteroatoms. The Morgan fingerprint density at radius 2 is 2.00 bits per heavy atom. The Morgan fingerprint density at radius 3 is 2.74 bits per heavy atom. The molecule has 0 saturated carbocycles. The number of nitrogens with zero attached hydrogens (tertiary/aromatic N) is 3. The maximum absolute atomic E-state index is 14.0. The number of fused-ring (bicyclic) bond motifs is 1. The van der Waals surface area contributed by atoms with Crippen LogP contribution in [0, 0.1) is 5.82 Å². The molecule has 0 spiro atoms. The number of carbonyl (C=O) groups excluding carboxylic acids is 1. The van der Waals surface area contributed by atoms with Crippen LogP contribution < -0.4 is 14.8 Å². The largest absolute Gasteiger partial charge is 0.494 e. The van der Waals surface area contributed by atoms with Crippen LogP contribution in [0.1, 0.15) is 36.5 Å². The number of aryl methyl sites for hydroxylation is 1. The molecule has 0 radical (unpaired) electrons. The van der Waals surface area contributed by atoms with Crippen molar-refractivity contribution in [1.82, 2.24) is 25.3 Å². The zero-order valence-corrected chi connectivity index (χ0v) is 19.3. The number of rotatable bonds is 9. The molecule has 0 fully saturated rings. The Bertz CT molecular complexity index is 1290. The summed E-state index contributed by atoms with van der Waals surface area (Å²) in [6.45, 7) is 4.30. The lowest BCUT2D eigenvalue weighted by Gasteiger charge is -2.15. The highest BCUT2D eigenvalue weighted by Crippen LogP contribution is 2.32. The Kier molecular flexibility index (Phi) is 7.01. The van der Waals surface area contributed by atoms with Crippen LogP contribution in [0.5, 0.6) is 11.6 Å². The SMILES string of the molecule is COc1cc(-c2nc3cc(C(=O)NCCCc4ncc[nH]4)ccc3nc2OC(C)C)ccc1F. The highest BCUT2D eigenvalue weighted by atomic mass is 19.1. The highest BCUT2D eigenvalue weighted by molar-refractivity contribution is 5.97. The zero-order chi connectivity index (χ0) is 24.1. The van der Waals surface area contributed by atoms with Crippen molar-refractivity contribution in [3.8, 4) is 22.9 Å². The molecule has 176 valence electrons. The van der Waals surface area contributed by atoms with Gasteiger partial charge in [-0.3, -0.25) is 4.79 Å². The third kappa shape index (κ3) is 5.31. The normalized spacial score (nSPS) is 11.1. The van der Waals surface area contributed by atoms with Crippen molar-refractivity contribution in [2.24, 2.45) is 0 Å². The van der Waals surface area contributed by atoms with Gasteiger partial charge < -0.3 is 19.8 Å². The number of amides is 1. The second-order valence-electron chi connectivity index (χ2n) is 7.99. The molecule has 34 heavy (non-hydrogen) atoms. The van der Waals surface area contributed by atoms with Gasteiger partial charge in [0.1, 0.15) is 11.5 Å².